The summed E-state index contributed by atoms with van der Waals surface area (Å²) in [6.07, 6.45) is 1.98. The quantitative estimate of drug-likeness (QED) is 0.671. The van der Waals surface area contributed by atoms with Crippen LogP contribution in [0.25, 0.3) is 0 Å². The molecule has 0 aliphatic carbocycles. The van der Waals surface area contributed by atoms with Crippen LogP contribution >= 0.6 is 0 Å². The van der Waals surface area contributed by atoms with E-state index in [-0.39, 0.29) is 11.4 Å². The van der Waals surface area contributed by atoms with E-state index in [2.05, 4.69) is 20.6 Å². The van der Waals surface area contributed by atoms with E-state index in [1.165, 1.54) is 0 Å². The molecule has 4 heterocycles. The van der Waals surface area contributed by atoms with Crippen molar-refractivity contribution >= 4 is 29.3 Å². The number of nitrogens with one attached hydrogen (secondary N) is 3. The zero-order valence-electron chi connectivity index (χ0n) is 14.8. The van der Waals surface area contributed by atoms with Crippen LogP contribution in [0.2, 0.25) is 0 Å². The van der Waals surface area contributed by atoms with Crippen LogP contribution in [0.3, 0.4) is 0 Å². The zero-order chi connectivity index (χ0) is 19.5. The molecule has 2 unspecified atom stereocenters. The van der Waals surface area contributed by atoms with Gasteiger partial charge in [-0.1, -0.05) is 18.2 Å². The summed E-state index contributed by atoms with van der Waals surface area (Å²) < 4.78 is 0. The van der Waals surface area contributed by atoms with Crippen LogP contribution in [0, 0.1) is 17.2 Å². The molecule has 1 fully saturated rings. The number of H-pyrrole nitrogens is 1. The van der Waals surface area contributed by atoms with E-state index in [9.17, 15) is 19.6 Å². The second kappa shape index (κ2) is 5.66. The van der Waals surface area contributed by atoms with Crippen molar-refractivity contribution in [1.29, 1.82) is 5.26 Å². The monoisotopic (exact) mass is 376 g/mol. The number of nitrogens with zero attached hydrogens (tertiary/aromatic N) is 3. The lowest BCUT2D eigenvalue weighted by atomic mass is 9.65. The van der Waals surface area contributed by atoms with Crippen LogP contribution < -0.4 is 21.1 Å². The van der Waals surface area contributed by atoms with Crippen LogP contribution in [0.4, 0.5) is 17.5 Å². The third kappa shape index (κ3) is 1.94. The first-order valence-electron chi connectivity index (χ1n) is 9.08. The molecule has 1 aromatic heterocycles. The highest BCUT2D eigenvalue weighted by molar-refractivity contribution is 6.16. The summed E-state index contributed by atoms with van der Waals surface area (Å²) in [5.74, 6) is -2.21. The van der Waals surface area contributed by atoms with Gasteiger partial charge in [-0.25, -0.2) is 0 Å². The average molecular weight is 376 g/mol. The Morgan fingerprint density at radius 2 is 1.89 bits per heavy atom. The number of amides is 2. The van der Waals surface area contributed by atoms with Crippen LogP contribution in [0.1, 0.15) is 24.0 Å². The number of aromatic nitrogens is 2. The first-order valence-corrected chi connectivity index (χ1v) is 9.08. The van der Waals surface area contributed by atoms with E-state index < -0.39 is 28.7 Å². The first kappa shape index (κ1) is 16.5. The van der Waals surface area contributed by atoms with Gasteiger partial charge in [0.25, 0.3) is 5.56 Å². The standard InChI is InChI=1S/C19H16N6O3/c20-9-11-15(26)22-14-13(16(27)24-18(23-14)25-7-3-4-8-25)19(11)10-5-1-2-6-12(10)21-17(19)28/h1-2,5-6,11H,3-4,7-8H2,(H,21,28)(H2,22,23,24,26,27). The molecule has 1 aromatic carbocycles. The predicted molar refractivity (Wildman–Crippen MR) is 99.9 cm³/mol. The van der Waals surface area contributed by atoms with Gasteiger partial charge in [0, 0.05) is 18.8 Å². The molecule has 2 amide bonds. The normalized spacial score (nSPS) is 25.1. The minimum absolute atomic E-state index is 0.00375. The fourth-order valence-electron chi connectivity index (χ4n) is 4.50. The van der Waals surface area contributed by atoms with Crippen molar-refractivity contribution in [2.24, 2.45) is 5.92 Å². The van der Waals surface area contributed by atoms with E-state index in [0.29, 0.717) is 17.2 Å². The largest absolute Gasteiger partial charge is 0.342 e. The molecule has 0 saturated carbocycles. The topological polar surface area (TPSA) is 131 Å². The lowest BCUT2D eigenvalue weighted by Crippen LogP contribution is -2.54. The van der Waals surface area contributed by atoms with Crippen LogP contribution in [-0.4, -0.2) is 34.9 Å². The minimum Gasteiger partial charge on any atom is -0.342 e. The van der Waals surface area contributed by atoms with E-state index in [4.69, 9.17) is 0 Å². The predicted octanol–water partition coefficient (Wildman–Crippen LogP) is 0.700. The van der Waals surface area contributed by atoms with Crippen LogP contribution in [0.15, 0.2) is 29.1 Å². The summed E-state index contributed by atoms with van der Waals surface area (Å²) in [6.45, 7) is 1.51. The van der Waals surface area contributed by atoms with Gasteiger partial charge in [0.1, 0.15) is 17.2 Å². The number of benzene rings is 1. The summed E-state index contributed by atoms with van der Waals surface area (Å²) in [7, 11) is 0. The molecular formula is C19H16N6O3. The summed E-state index contributed by atoms with van der Waals surface area (Å²) in [4.78, 5) is 48.2. The molecule has 140 valence electrons. The minimum atomic E-state index is -1.73. The van der Waals surface area contributed by atoms with Gasteiger partial charge in [-0.3, -0.25) is 19.4 Å². The SMILES string of the molecule is N#CC1C(=O)Nc2nc(N3CCCC3)[nH]c(=O)c2C12C(=O)Nc1ccccc12. The van der Waals surface area contributed by atoms with Gasteiger partial charge >= 0.3 is 0 Å². The number of carbonyl (C=O) groups is 2. The molecule has 3 N–H and O–H groups in total. The van der Waals surface area contributed by atoms with Crippen molar-refractivity contribution in [2.45, 2.75) is 18.3 Å². The number of para-hydroxylation sites is 1. The highest BCUT2D eigenvalue weighted by Gasteiger charge is 2.61. The van der Waals surface area contributed by atoms with E-state index in [0.717, 1.165) is 25.9 Å². The summed E-state index contributed by atoms with van der Waals surface area (Å²) in [5, 5.41) is 15.0. The Balaban J connectivity index is 1.82. The molecule has 3 aliphatic heterocycles. The third-order valence-corrected chi connectivity index (χ3v) is 5.73. The van der Waals surface area contributed by atoms with Crippen molar-refractivity contribution in [3.05, 3.63) is 45.7 Å². The Morgan fingerprint density at radius 3 is 2.64 bits per heavy atom. The van der Waals surface area contributed by atoms with E-state index in [1.54, 1.807) is 24.3 Å². The molecule has 5 rings (SSSR count). The number of anilines is 3. The van der Waals surface area contributed by atoms with Gasteiger partial charge in [0.2, 0.25) is 17.8 Å². The Morgan fingerprint density at radius 1 is 1.14 bits per heavy atom. The Hall–Kier alpha value is -3.67. The Bertz CT molecular complexity index is 1130. The maximum Gasteiger partial charge on any atom is 0.259 e. The lowest BCUT2D eigenvalue weighted by molar-refractivity contribution is -0.127. The smallest absolute Gasteiger partial charge is 0.259 e. The van der Waals surface area contributed by atoms with E-state index >= 15 is 0 Å². The molecular weight excluding hydrogens is 360 g/mol. The number of rotatable bonds is 1. The average Bonchev–Trinajstić information content (AvgIpc) is 3.30. The van der Waals surface area contributed by atoms with Crippen LogP contribution in [0.5, 0.6) is 0 Å². The zero-order valence-corrected chi connectivity index (χ0v) is 14.8. The molecule has 2 atom stereocenters. The second-order valence-electron chi connectivity index (χ2n) is 7.17. The number of hydrogen-bond acceptors (Lipinski definition) is 6. The molecule has 0 radical (unpaired) electrons. The van der Waals surface area contributed by atoms with Crippen molar-refractivity contribution in [1.82, 2.24) is 9.97 Å². The van der Waals surface area contributed by atoms with Gasteiger partial charge in [-0.05, 0) is 24.5 Å². The lowest BCUT2D eigenvalue weighted by Gasteiger charge is -2.36. The molecule has 1 spiro atoms. The molecule has 0 bridgehead atoms. The Labute approximate surface area is 159 Å². The number of carbonyl (C=O) groups excluding carboxylic acids is 2. The fourth-order valence-corrected chi connectivity index (χ4v) is 4.50. The molecule has 3 aliphatic rings. The number of aromatic amines is 1. The third-order valence-electron chi connectivity index (χ3n) is 5.73. The van der Waals surface area contributed by atoms with Crippen molar-refractivity contribution in [3.63, 3.8) is 0 Å². The Kier molecular flexibility index (Phi) is 3.34. The fraction of sp³-hybridized carbons (Fsp3) is 0.316. The number of nitriles is 1. The van der Waals surface area contributed by atoms with Gasteiger partial charge in [0.05, 0.1) is 11.6 Å². The van der Waals surface area contributed by atoms with Crippen molar-refractivity contribution < 1.29 is 9.59 Å². The molecule has 2 aromatic rings. The molecule has 9 nitrogen and oxygen atoms in total. The highest BCUT2D eigenvalue weighted by Crippen LogP contribution is 2.50. The number of hydrogen-bond donors (Lipinski definition) is 3. The second-order valence-corrected chi connectivity index (χ2v) is 7.17. The molecule has 28 heavy (non-hydrogen) atoms. The number of fused-ring (bicyclic) bond motifs is 4. The van der Waals surface area contributed by atoms with Gasteiger partial charge < -0.3 is 15.5 Å². The van der Waals surface area contributed by atoms with Crippen molar-refractivity contribution in [3.8, 4) is 6.07 Å². The van der Waals surface area contributed by atoms with Gasteiger partial charge in [-0.15, -0.1) is 0 Å². The maximum absolute atomic E-state index is 13.2. The summed E-state index contributed by atoms with van der Waals surface area (Å²) >= 11 is 0. The molecule has 1 saturated heterocycles. The summed E-state index contributed by atoms with van der Waals surface area (Å²) in [5.41, 5.74) is -1.34. The van der Waals surface area contributed by atoms with E-state index in [1.807, 2.05) is 11.0 Å². The first-order chi connectivity index (χ1) is 13.6. The maximum atomic E-state index is 13.2. The highest BCUT2D eigenvalue weighted by atomic mass is 16.2. The van der Waals surface area contributed by atoms with Crippen molar-refractivity contribution in [2.75, 3.05) is 28.6 Å². The van der Waals surface area contributed by atoms with Gasteiger partial charge in [-0.2, -0.15) is 10.2 Å². The summed E-state index contributed by atoms with van der Waals surface area (Å²) in [6, 6.07) is 8.72. The molecule has 9 heteroatoms. The van der Waals surface area contributed by atoms with Crippen LogP contribution in [-0.2, 0) is 15.0 Å². The van der Waals surface area contributed by atoms with Gasteiger partial charge in [0.15, 0.2) is 0 Å².